The Morgan fingerprint density at radius 1 is 1.40 bits per heavy atom. The van der Waals surface area contributed by atoms with Crippen LogP contribution in [0.4, 0.5) is 4.79 Å². The van der Waals surface area contributed by atoms with Gasteiger partial charge in [-0.15, -0.1) is 0 Å². The number of amides is 2. The molecular weight excluding hydrogens is 202 g/mol. The number of ether oxygens (including phenoxy) is 1. The predicted octanol–water partition coefficient (Wildman–Crippen LogP) is -0.994. The van der Waals surface area contributed by atoms with Crippen molar-refractivity contribution in [1.29, 1.82) is 0 Å². The molecule has 2 amide bonds. The molecule has 1 aliphatic heterocycles. The number of rotatable bonds is 3. The zero-order valence-electron chi connectivity index (χ0n) is 8.52. The lowest BCUT2D eigenvalue weighted by atomic mass is 10.3. The van der Waals surface area contributed by atoms with E-state index in [2.05, 4.69) is 10.7 Å². The van der Waals surface area contributed by atoms with E-state index < -0.39 is 18.0 Å². The van der Waals surface area contributed by atoms with Crippen molar-refractivity contribution >= 4 is 12.0 Å². The highest BCUT2D eigenvalue weighted by Gasteiger charge is 2.17. The van der Waals surface area contributed by atoms with Gasteiger partial charge in [0.2, 0.25) is 0 Å². The smallest absolute Gasteiger partial charge is 0.330 e. The molecule has 1 fully saturated rings. The van der Waals surface area contributed by atoms with Gasteiger partial charge in [-0.1, -0.05) is 0 Å². The van der Waals surface area contributed by atoms with E-state index in [1.54, 1.807) is 5.01 Å². The second kappa shape index (κ2) is 5.52. The van der Waals surface area contributed by atoms with Crippen molar-refractivity contribution < 1.29 is 19.4 Å². The number of nitrogens with one attached hydrogen (secondary N) is 2. The Morgan fingerprint density at radius 3 is 2.53 bits per heavy atom. The van der Waals surface area contributed by atoms with Gasteiger partial charge in [0.25, 0.3) is 0 Å². The van der Waals surface area contributed by atoms with Crippen molar-refractivity contribution in [3.05, 3.63) is 0 Å². The van der Waals surface area contributed by atoms with Crippen LogP contribution in [0, 0.1) is 0 Å². The van der Waals surface area contributed by atoms with Crippen molar-refractivity contribution in [1.82, 2.24) is 15.8 Å². The highest BCUT2D eigenvalue weighted by molar-refractivity contribution is 5.81. The molecule has 7 heteroatoms. The lowest BCUT2D eigenvalue weighted by molar-refractivity contribution is -0.138. The molecule has 0 aromatic carbocycles. The van der Waals surface area contributed by atoms with E-state index in [4.69, 9.17) is 9.84 Å². The van der Waals surface area contributed by atoms with Crippen LogP contribution in [0.5, 0.6) is 0 Å². The minimum absolute atomic E-state index is 0.508. The number of hydrazine groups is 1. The molecule has 0 spiro atoms. The third kappa shape index (κ3) is 4.13. The van der Waals surface area contributed by atoms with Crippen molar-refractivity contribution in [3.8, 4) is 0 Å². The maximum absolute atomic E-state index is 11.3. The topological polar surface area (TPSA) is 90.9 Å². The maximum Gasteiger partial charge on any atom is 0.330 e. The molecule has 1 saturated heterocycles. The molecule has 1 atom stereocenters. The van der Waals surface area contributed by atoms with E-state index in [0.29, 0.717) is 26.3 Å². The summed E-state index contributed by atoms with van der Waals surface area (Å²) in [6.45, 7) is 3.74. The molecule has 7 nitrogen and oxygen atoms in total. The fourth-order valence-electron chi connectivity index (χ4n) is 1.11. The third-order valence-corrected chi connectivity index (χ3v) is 1.99. The SMILES string of the molecule is CC(NC(=O)NN1CCOCC1)C(=O)O. The molecule has 0 aromatic rings. The van der Waals surface area contributed by atoms with Crippen LogP contribution in [-0.4, -0.2) is 54.5 Å². The summed E-state index contributed by atoms with van der Waals surface area (Å²) in [5, 5.41) is 12.5. The number of morpholine rings is 1. The zero-order valence-corrected chi connectivity index (χ0v) is 8.52. The molecule has 1 unspecified atom stereocenters. The van der Waals surface area contributed by atoms with Crippen LogP contribution in [0.1, 0.15) is 6.92 Å². The van der Waals surface area contributed by atoms with Crippen LogP contribution in [0.15, 0.2) is 0 Å². The van der Waals surface area contributed by atoms with Gasteiger partial charge < -0.3 is 15.2 Å². The summed E-state index contributed by atoms with van der Waals surface area (Å²) in [7, 11) is 0. The molecule has 1 rings (SSSR count). The van der Waals surface area contributed by atoms with Gasteiger partial charge >= 0.3 is 12.0 Å². The Bertz CT molecular complexity index is 240. The number of carbonyl (C=O) groups is 2. The molecule has 15 heavy (non-hydrogen) atoms. The molecule has 3 N–H and O–H groups in total. The summed E-state index contributed by atoms with van der Waals surface area (Å²) in [5.41, 5.74) is 2.54. The minimum atomic E-state index is -1.06. The summed E-state index contributed by atoms with van der Waals surface area (Å²) in [6, 6.07) is -1.40. The maximum atomic E-state index is 11.3. The molecule has 1 aliphatic rings. The van der Waals surface area contributed by atoms with Gasteiger partial charge in [-0.3, -0.25) is 10.2 Å². The first kappa shape index (κ1) is 11.7. The molecule has 86 valence electrons. The normalized spacial score (nSPS) is 19.3. The van der Waals surface area contributed by atoms with Crippen LogP contribution in [0.2, 0.25) is 0 Å². The van der Waals surface area contributed by atoms with Crippen molar-refractivity contribution in [2.45, 2.75) is 13.0 Å². The highest BCUT2D eigenvalue weighted by atomic mass is 16.5. The first-order chi connectivity index (χ1) is 7.09. The molecule has 0 radical (unpaired) electrons. The molecule has 0 saturated carbocycles. The average Bonchev–Trinajstić information content (AvgIpc) is 2.18. The number of hydrogen-bond acceptors (Lipinski definition) is 4. The molecule has 0 bridgehead atoms. The lowest BCUT2D eigenvalue weighted by Crippen LogP contribution is -2.54. The van der Waals surface area contributed by atoms with E-state index in [1.165, 1.54) is 6.92 Å². The third-order valence-electron chi connectivity index (χ3n) is 1.99. The number of urea groups is 1. The Balaban J connectivity index is 2.25. The molecule has 0 aliphatic carbocycles. The van der Waals surface area contributed by atoms with Gasteiger partial charge in [0.1, 0.15) is 6.04 Å². The van der Waals surface area contributed by atoms with Crippen molar-refractivity contribution in [3.63, 3.8) is 0 Å². The number of carboxylic acid groups (broad SMARTS) is 1. The average molecular weight is 217 g/mol. The first-order valence-electron chi connectivity index (χ1n) is 4.72. The van der Waals surface area contributed by atoms with Crippen LogP contribution >= 0.6 is 0 Å². The van der Waals surface area contributed by atoms with Gasteiger partial charge in [-0.2, -0.15) is 0 Å². The fraction of sp³-hybridized carbons (Fsp3) is 0.750. The minimum Gasteiger partial charge on any atom is -0.480 e. The van der Waals surface area contributed by atoms with Crippen molar-refractivity contribution in [2.24, 2.45) is 0 Å². The van der Waals surface area contributed by atoms with Gasteiger partial charge in [-0.25, -0.2) is 9.80 Å². The van der Waals surface area contributed by atoms with Gasteiger partial charge in [0.05, 0.1) is 13.2 Å². The second-order valence-corrected chi connectivity index (χ2v) is 3.24. The Hall–Kier alpha value is -1.34. The van der Waals surface area contributed by atoms with Crippen LogP contribution < -0.4 is 10.7 Å². The van der Waals surface area contributed by atoms with Crippen molar-refractivity contribution in [2.75, 3.05) is 26.3 Å². The van der Waals surface area contributed by atoms with Crippen LogP contribution in [0.25, 0.3) is 0 Å². The standard InChI is InChI=1S/C8H15N3O4/c1-6(7(12)13)9-8(14)10-11-2-4-15-5-3-11/h6H,2-5H2,1H3,(H,12,13)(H2,9,10,14). The number of nitrogens with zero attached hydrogens (tertiary/aromatic N) is 1. The zero-order chi connectivity index (χ0) is 11.3. The molecular formula is C8H15N3O4. The van der Waals surface area contributed by atoms with E-state index in [-0.39, 0.29) is 0 Å². The summed E-state index contributed by atoms with van der Waals surface area (Å²) < 4.78 is 5.09. The molecule has 1 heterocycles. The predicted molar refractivity (Wildman–Crippen MR) is 51.2 cm³/mol. The largest absolute Gasteiger partial charge is 0.480 e. The van der Waals surface area contributed by atoms with E-state index in [1.807, 2.05) is 0 Å². The summed E-state index contributed by atoms with van der Waals surface area (Å²) in [6.07, 6.45) is 0. The monoisotopic (exact) mass is 217 g/mol. The van der Waals surface area contributed by atoms with Gasteiger partial charge in [0, 0.05) is 13.1 Å². The fourth-order valence-corrected chi connectivity index (χ4v) is 1.11. The summed E-state index contributed by atoms with van der Waals surface area (Å²) >= 11 is 0. The van der Waals surface area contributed by atoms with Gasteiger partial charge in [-0.05, 0) is 6.92 Å². The summed E-state index contributed by atoms with van der Waals surface area (Å²) in [4.78, 5) is 21.7. The molecule has 0 aromatic heterocycles. The number of carboxylic acids is 1. The number of carbonyl (C=O) groups excluding carboxylic acids is 1. The van der Waals surface area contributed by atoms with E-state index >= 15 is 0 Å². The summed E-state index contributed by atoms with van der Waals surface area (Å²) in [5.74, 6) is -1.06. The van der Waals surface area contributed by atoms with Gasteiger partial charge in [0.15, 0.2) is 0 Å². The Labute approximate surface area is 87.3 Å². The number of aliphatic carboxylic acids is 1. The van der Waals surface area contributed by atoms with E-state index in [9.17, 15) is 9.59 Å². The van der Waals surface area contributed by atoms with Crippen LogP contribution in [-0.2, 0) is 9.53 Å². The first-order valence-corrected chi connectivity index (χ1v) is 4.72. The highest BCUT2D eigenvalue weighted by Crippen LogP contribution is 1.92. The quantitative estimate of drug-likeness (QED) is 0.564. The second-order valence-electron chi connectivity index (χ2n) is 3.24. The van der Waals surface area contributed by atoms with E-state index in [0.717, 1.165) is 0 Å². The van der Waals surface area contributed by atoms with Crippen LogP contribution in [0.3, 0.4) is 0 Å². The lowest BCUT2D eigenvalue weighted by Gasteiger charge is -2.27. The Morgan fingerprint density at radius 2 is 2.00 bits per heavy atom. The Kier molecular flexibility index (Phi) is 4.32. The number of hydrogen-bond donors (Lipinski definition) is 3.